The van der Waals surface area contributed by atoms with Crippen molar-refractivity contribution in [3.63, 3.8) is 0 Å². The molecule has 3 heteroatoms. The summed E-state index contributed by atoms with van der Waals surface area (Å²) in [4.78, 5) is 5.41. The Morgan fingerprint density at radius 2 is 2.25 bits per heavy atom. The van der Waals surface area contributed by atoms with Crippen molar-refractivity contribution in [2.75, 3.05) is 0 Å². The molecule has 0 fully saturated rings. The topological polar surface area (TPSA) is 36.2 Å². The van der Waals surface area contributed by atoms with Crippen LogP contribution in [0.1, 0.15) is 31.7 Å². The second-order valence-electron chi connectivity index (χ2n) is 3.82. The van der Waals surface area contributed by atoms with Crippen LogP contribution in [0.15, 0.2) is 28.1 Å². The van der Waals surface area contributed by atoms with Crippen molar-refractivity contribution in [2.24, 2.45) is 4.99 Å². The van der Waals surface area contributed by atoms with Gasteiger partial charge in [-0.1, -0.05) is 19.4 Å². The van der Waals surface area contributed by atoms with E-state index in [4.69, 9.17) is 5.41 Å². The molecule has 0 radical (unpaired) electrons. The van der Waals surface area contributed by atoms with Crippen molar-refractivity contribution in [2.45, 2.75) is 38.0 Å². The number of unbranched alkanes of at least 4 members (excludes halogenated alkanes) is 1. The largest absolute Gasteiger partial charge is 0.307 e. The molecule has 86 valence electrons. The molecule has 1 rings (SSSR count). The minimum atomic E-state index is 0.837. The zero-order chi connectivity index (χ0) is 12.0. The highest BCUT2D eigenvalue weighted by molar-refractivity contribution is 7.80. The van der Waals surface area contributed by atoms with Crippen molar-refractivity contribution in [1.29, 1.82) is 5.41 Å². The predicted molar refractivity (Wildman–Crippen MR) is 73.8 cm³/mol. The summed E-state index contributed by atoms with van der Waals surface area (Å²) in [5, 5.41) is 7.34. The van der Waals surface area contributed by atoms with Crippen LogP contribution in [0, 0.1) is 12.3 Å². The first-order valence-corrected chi connectivity index (χ1v) is 5.99. The normalized spacial score (nSPS) is 11.6. The first-order valence-electron chi connectivity index (χ1n) is 5.55. The molecule has 0 heterocycles. The van der Waals surface area contributed by atoms with E-state index in [-0.39, 0.29) is 0 Å². The third kappa shape index (κ3) is 3.81. The molecule has 0 saturated heterocycles. The zero-order valence-corrected chi connectivity index (χ0v) is 10.7. The minimum Gasteiger partial charge on any atom is -0.307 e. The summed E-state index contributed by atoms with van der Waals surface area (Å²) < 4.78 is 0. The Balaban J connectivity index is 2.93. The summed E-state index contributed by atoms with van der Waals surface area (Å²) in [5.74, 6) is 0. The first kappa shape index (κ1) is 13.0. The van der Waals surface area contributed by atoms with Crippen molar-refractivity contribution in [3.05, 3.63) is 23.8 Å². The van der Waals surface area contributed by atoms with E-state index in [9.17, 15) is 0 Å². The third-order valence-electron chi connectivity index (χ3n) is 2.41. The summed E-state index contributed by atoms with van der Waals surface area (Å²) in [5.41, 5.74) is 2.87. The Labute approximate surface area is 103 Å². The fourth-order valence-electron chi connectivity index (χ4n) is 1.39. The fourth-order valence-corrected chi connectivity index (χ4v) is 1.59. The lowest BCUT2D eigenvalue weighted by Crippen LogP contribution is -1.98. The number of thiol groups is 1. The van der Waals surface area contributed by atoms with Crippen molar-refractivity contribution in [1.82, 2.24) is 0 Å². The Kier molecular flexibility index (Phi) is 5.26. The number of nitrogens with one attached hydrogen (secondary N) is 1. The molecule has 1 aromatic carbocycles. The van der Waals surface area contributed by atoms with E-state index >= 15 is 0 Å². The highest BCUT2D eigenvalue weighted by Gasteiger charge is 2.00. The monoisotopic (exact) mass is 234 g/mol. The van der Waals surface area contributed by atoms with Gasteiger partial charge in [0.05, 0.1) is 11.4 Å². The number of aliphatic imine (C=N–C) groups is 1. The van der Waals surface area contributed by atoms with Gasteiger partial charge in [-0.25, -0.2) is 0 Å². The fraction of sp³-hybridized carbons (Fsp3) is 0.385. The van der Waals surface area contributed by atoms with E-state index < -0.39 is 0 Å². The summed E-state index contributed by atoms with van der Waals surface area (Å²) in [6.07, 6.45) is 4.42. The van der Waals surface area contributed by atoms with Gasteiger partial charge in [-0.05, 0) is 37.5 Å². The van der Waals surface area contributed by atoms with E-state index in [1.54, 1.807) is 0 Å². The number of rotatable bonds is 5. The molecular formula is C13H18N2S. The lowest BCUT2D eigenvalue weighted by molar-refractivity contribution is 0.838. The standard InChI is InChI=1S/C13H18N2S/c1-3-4-5-11(9-14)15-13-8-12(16)7-6-10(13)2/h6-9,14,16H,3-5H2,1-2H3. The van der Waals surface area contributed by atoms with Gasteiger partial charge >= 0.3 is 0 Å². The van der Waals surface area contributed by atoms with Gasteiger partial charge in [0.15, 0.2) is 0 Å². The molecule has 1 aromatic rings. The van der Waals surface area contributed by atoms with Crippen molar-refractivity contribution >= 4 is 30.2 Å². The van der Waals surface area contributed by atoms with E-state index in [1.807, 2.05) is 25.1 Å². The molecule has 0 saturated carbocycles. The Morgan fingerprint density at radius 1 is 1.50 bits per heavy atom. The van der Waals surface area contributed by atoms with Gasteiger partial charge in [-0.2, -0.15) is 0 Å². The van der Waals surface area contributed by atoms with Gasteiger partial charge < -0.3 is 5.41 Å². The average Bonchev–Trinajstić information content (AvgIpc) is 2.28. The van der Waals surface area contributed by atoms with Crippen LogP contribution in [-0.2, 0) is 0 Å². The second kappa shape index (κ2) is 6.48. The molecule has 0 bridgehead atoms. The lowest BCUT2D eigenvalue weighted by Gasteiger charge is -2.04. The van der Waals surface area contributed by atoms with E-state index in [1.165, 1.54) is 6.21 Å². The Morgan fingerprint density at radius 3 is 2.88 bits per heavy atom. The molecule has 0 aromatic heterocycles. The van der Waals surface area contributed by atoms with Crippen molar-refractivity contribution < 1.29 is 0 Å². The second-order valence-corrected chi connectivity index (χ2v) is 4.34. The molecule has 0 aliphatic carbocycles. The van der Waals surface area contributed by atoms with E-state index in [0.29, 0.717) is 0 Å². The van der Waals surface area contributed by atoms with Gasteiger partial charge in [-0.15, -0.1) is 12.6 Å². The highest BCUT2D eigenvalue weighted by Crippen LogP contribution is 2.22. The molecule has 0 amide bonds. The predicted octanol–water partition coefficient (Wildman–Crippen LogP) is 4.20. The number of aryl methyl sites for hydroxylation is 1. The SMILES string of the molecule is CCCCC(C=N)=Nc1cc(S)ccc1C. The quantitative estimate of drug-likeness (QED) is 0.566. The highest BCUT2D eigenvalue weighted by atomic mass is 32.1. The maximum absolute atomic E-state index is 7.34. The number of hydrogen-bond donors (Lipinski definition) is 2. The molecular weight excluding hydrogens is 216 g/mol. The number of benzene rings is 1. The van der Waals surface area contributed by atoms with Crippen LogP contribution in [0.2, 0.25) is 0 Å². The van der Waals surface area contributed by atoms with Gasteiger partial charge in [0.1, 0.15) is 0 Å². The number of hydrogen-bond acceptors (Lipinski definition) is 3. The van der Waals surface area contributed by atoms with E-state index in [0.717, 1.165) is 41.1 Å². The molecule has 0 spiro atoms. The van der Waals surface area contributed by atoms with E-state index in [2.05, 4.69) is 24.5 Å². The van der Waals surface area contributed by atoms with Crippen molar-refractivity contribution in [3.8, 4) is 0 Å². The van der Waals surface area contributed by atoms with Crippen LogP contribution in [-0.4, -0.2) is 11.9 Å². The summed E-state index contributed by atoms with van der Waals surface area (Å²) in [6, 6.07) is 5.89. The molecule has 0 aliphatic rings. The van der Waals surface area contributed by atoms with Gasteiger partial charge in [0.25, 0.3) is 0 Å². The first-order chi connectivity index (χ1) is 7.67. The van der Waals surface area contributed by atoms with Gasteiger partial charge in [0.2, 0.25) is 0 Å². The van der Waals surface area contributed by atoms with Gasteiger partial charge in [0, 0.05) is 11.1 Å². The van der Waals surface area contributed by atoms with Crippen LogP contribution >= 0.6 is 12.6 Å². The van der Waals surface area contributed by atoms with Crippen LogP contribution in [0.4, 0.5) is 5.69 Å². The Hall–Kier alpha value is -1.09. The molecule has 16 heavy (non-hydrogen) atoms. The molecule has 0 unspecified atom stereocenters. The van der Waals surface area contributed by atoms with Gasteiger partial charge in [-0.3, -0.25) is 4.99 Å². The van der Waals surface area contributed by atoms with Crippen LogP contribution in [0.3, 0.4) is 0 Å². The average molecular weight is 234 g/mol. The smallest absolute Gasteiger partial charge is 0.0673 e. The van der Waals surface area contributed by atoms with Crippen LogP contribution in [0.25, 0.3) is 0 Å². The maximum Gasteiger partial charge on any atom is 0.0673 e. The molecule has 1 N–H and O–H groups in total. The molecule has 2 nitrogen and oxygen atoms in total. The summed E-state index contributed by atoms with van der Waals surface area (Å²) >= 11 is 4.30. The molecule has 0 aliphatic heterocycles. The van der Waals surface area contributed by atoms with Crippen LogP contribution in [0.5, 0.6) is 0 Å². The lowest BCUT2D eigenvalue weighted by atomic mass is 10.1. The summed E-state index contributed by atoms with van der Waals surface area (Å²) in [6.45, 7) is 4.16. The van der Waals surface area contributed by atoms with Crippen LogP contribution < -0.4 is 0 Å². The Bertz CT molecular complexity index is 397. The molecule has 0 atom stereocenters. The minimum absolute atomic E-state index is 0.837. The maximum atomic E-state index is 7.34. The summed E-state index contributed by atoms with van der Waals surface area (Å²) in [7, 11) is 0. The third-order valence-corrected chi connectivity index (χ3v) is 2.69. The number of nitrogens with zero attached hydrogens (tertiary/aromatic N) is 1. The zero-order valence-electron chi connectivity index (χ0n) is 9.83.